The Balaban J connectivity index is 1.69. The van der Waals surface area contributed by atoms with E-state index in [4.69, 9.17) is 4.74 Å². The minimum atomic E-state index is -0.180. The summed E-state index contributed by atoms with van der Waals surface area (Å²) in [6.07, 6.45) is 5.03. The Hall–Kier alpha value is -0.650. The fourth-order valence-electron chi connectivity index (χ4n) is 2.59. The van der Waals surface area contributed by atoms with Crippen LogP contribution in [-0.4, -0.2) is 74.7 Å². The van der Waals surface area contributed by atoms with Gasteiger partial charge in [-0.2, -0.15) is 0 Å². The molecular formula is C14H27N3O2. The summed E-state index contributed by atoms with van der Waals surface area (Å²) in [7, 11) is 3.55. The molecule has 2 fully saturated rings. The number of esters is 1. The third-order valence-corrected chi connectivity index (χ3v) is 3.99. The lowest BCUT2D eigenvalue weighted by molar-refractivity contribution is -0.143. The second kappa shape index (κ2) is 7.22. The predicted molar refractivity (Wildman–Crippen MR) is 75.1 cm³/mol. The highest BCUT2D eigenvalue weighted by atomic mass is 16.5. The van der Waals surface area contributed by atoms with Gasteiger partial charge in [0.1, 0.15) is 6.04 Å². The number of nitrogens with zero attached hydrogens (tertiary/aromatic N) is 2. The Labute approximate surface area is 116 Å². The molecule has 5 heteroatoms. The number of likely N-dealkylation sites (N-methyl/N-ethyl adjacent to an activating group) is 1. The van der Waals surface area contributed by atoms with E-state index in [1.54, 1.807) is 0 Å². The minimum absolute atomic E-state index is 0.139. The fraction of sp³-hybridized carbons (Fsp3) is 0.929. The molecule has 0 aromatic rings. The maximum absolute atomic E-state index is 11.7. The third kappa shape index (κ3) is 5.09. The monoisotopic (exact) mass is 269 g/mol. The lowest BCUT2D eigenvalue weighted by atomic mass is 10.2. The summed E-state index contributed by atoms with van der Waals surface area (Å²) in [6, 6.07) is 0.345. The fourth-order valence-corrected chi connectivity index (χ4v) is 2.59. The average molecular weight is 269 g/mol. The van der Waals surface area contributed by atoms with Crippen LogP contribution in [0.15, 0.2) is 0 Å². The maximum Gasteiger partial charge on any atom is 0.324 e. The topological polar surface area (TPSA) is 44.8 Å². The Morgan fingerprint density at radius 1 is 1.42 bits per heavy atom. The van der Waals surface area contributed by atoms with E-state index in [1.807, 2.05) is 0 Å². The molecule has 0 aromatic heterocycles. The van der Waals surface area contributed by atoms with Crippen LogP contribution in [0, 0.1) is 0 Å². The molecule has 1 saturated heterocycles. The van der Waals surface area contributed by atoms with Gasteiger partial charge in [-0.05, 0) is 45.8 Å². The van der Waals surface area contributed by atoms with Gasteiger partial charge >= 0.3 is 5.97 Å². The van der Waals surface area contributed by atoms with Gasteiger partial charge < -0.3 is 19.9 Å². The zero-order chi connectivity index (χ0) is 13.7. The Kier molecular flexibility index (Phi) is 5.60. The molecule has 0 aromatic carbocycles. The first-order valence-corrected chi connectivity index (χ1v) is 7.44. The van der Waals surface area contributed by atoms with Crippen molar-refractivity contribution in [3.63, 3.8) is 0 Å². The second-order valence-electron chi connectivity index (χ2n) is 5.83. The molecule has 19 heavy (non-hydrogen) atoms. The standard InChI is InChI=1S/C14H27N3O2/c1-16(9-10-17-7-3-4-8-17)11-13(14(18)19-2)15-12-5-6-12/h12-13,15H,3-11H2,1-2H3. The number of likely N-dealkylation sites (tertiary alicyclic amines) is 1. The van der Waals surface area contributed by atoms with Crippen LogP contribution in [0.5, 0.6) is 0 Å². The van der Waals surface area contributed by atoms with Gasteiger partial charge in [0.2, 0.25) is 0 Å². The van der Waals surface area contributed by atoms with Crippen molar-refractivity contribution in [1.29, 1.82) is 0 Å². The minimum Gasteiger partial charge on any atom is -0.468 e. The van der Waals surface area contributed by atoms with Crippen molar-refractivity contribution in [3.8, 4) is 0 Å². The van der Waals surface area contributed by atoms with E-state index in [1.165, 1.54) is 45.9 Å². The number of hydrogen-bond acceptors (Lipinski definition) is 5. The first kappa shape index (κ1) is 14.8. The largest absolute Gasteiger partial charge is 0.468 e. The molecular weight excluding hydrogens is 242 g/mol. The number of rotatable bonds is 8. The number of methoxy groups -OCH3 is 1. The molecule has 0 radical (unpaired) electrons. The Morgan fingerprint density at radius 3 is 2.68 bits per heavy atom. The third-order valence-electron chi connectivity index (χ3n) is 3.99. The lowest BCUT2D eigenvalue weighted by Gasteiger charge is -2.25. The zero-order valence-electron chi connectivity index (χ0n) is 12.2. The highest BCUT2D eigenvalue weighted by Crippen LogP contribution is 2.19. The van der Waals surface area contributed by atoms with Gasteiger partial charge in [-0.15, -0.1) is 0 Å². The van der Waals surface area contributed by atoms with Crippen LogP contribution in [0.1, 0.15) is 25.7 Å². The second-order valence-corrected chi connectivity index (χ2v) is 5.83. The molecule has 0 spiro atoms. The van der Waals surface area contributed by atoms with Gasteiger partial charge in [0.15, 0.2) is 0 Å². The molecule has 0 amide bonds. The van der Waals surface area contributed by atoms with E-state index in [0.717, 1.165) is 19.6 Å². The molecule has 1 N–H and O–H groups in total. The van der Waals surface area contributed by atoms with Gasteiger partial charge in [-0.1, -0.05) is 0 Å². The van der Waals surface area contributed by atoms with E-state index in [2.05, 4.69) is 22.2 Å². The van der Waals surface area contributed by atoms with Crippen molar-refractivity contribution in [2.75, 3.05) is 46.9 Å². The smallest absolute Gasteiger partial charge is 0.324 e. The number of carbonyl (C=O) groups excluding carboxylic acids is 1. The molecule has 1 atom stereocenters. The molecule has 0 bridgehead atoms. The van der Waals surface area contributed by atoms with Gasteiger partial charge in [0.05, 0.1) is 7.11 Å². The maximum atomic E-state index is 11.7. The number of nitrogens with one attached hydrogen (secondary N) is 1. The highest BCUT2D eigenvalue weighted by molar-refractivity contribution is 5.76. The van der Waals surface area contributed by atoms with Crippen LogP contribution in [0.4, 0.5) is 0 Å². The van der Waals surface area contributed by atoms with E-state index in [0.29, 0.717) is 6.04 Å². The van der Waals surface area contributed by atoms with Crippen molar-refractivity contribution in [3.05, 3.63) is 0 Å². The average Bonchev–Trinajstić information content (AvgIpc) is 3.07. The number of hydrogen-bond donors (Lipinski definition) is 1. The molecule has 2 rings (SSSR count). The molecule has 110 valence electrons. The summed E-state index contributed by atoms with van der Waals surface area (Å²) >= 11 is 0. The quantitative estimate of drug-likeness (QED) is 0.643. The molecule has 1 unspecified atom stereocenters. The first-order valence-electron chi connectivity index (χ1n) is 7.44. The van der Waals surface area contributed by atoms with Crippen LogP contribution in [0.25, 0.3) is 0 Å². The van der Waals surface area contributed by atoms with Crippen molar-refractivity contribution in [2.24, 2.45) is 0 Å². The van der Waals surface area contributed by atoms with E-state index < -0.39 is 0 Å². The van der Waals surface area contributed by atoms with Crippen LogP contribution < -0.4 is 5.32 Å². The summed E-state index contributed by atoms with van der Waals surface area (Å²) in [4.78, 5) is 16.5. The molecule has 5 nitrogen and oxygen atoms in total. The van der Waals surface area contributed by atoms with Gasteiger partial charge in [-0.25, -0.2) is 0 Å². The lowest BCUT2D eigenvalue weighted by Crippen LogP contribution is -2.47. The molecule has 1 aliphatic heterocycles. The summed E-state index contributed by atoms with van der Waals surface area (Å²) < 4.78 is 4.88. The zero-order valence-corrected chi connectivity index (χ0v) is 12.2. The van der Waals surface area contributed by atoms with Gasteiger partial charge in [-0.3, -0.25) is 4.79 Å². The Bertz CT molecular complexity index is 288. The first-order chi connectivity index (χ1) is 9.19. The summed E-state index contributed by atoms with van der Waals surface area (Å²) in [5.74, 6) is -0.139. The van der Waals surface area contributed by atoms with E-state index in [9.17, 15) is 4.79 Å². The molecule has 1 saturated carbocycles. The number of ether oxygens (including phenoxy) is 1. The molecule has 2 aliphatic rings. The van der Waals surface area contributed by atoms with E-state index in [-0.39, 0.29) is 12.0 Å². The SMILES string of the molecule is COC(=O)C(CN(C)CCN1CCCC1)NC1CC1. The van der Waals surface area contributed by atoms with Crippen LogP contribution >= 0.6 is 0 Å². The highest BCUT2D eigenvalue weighted by Gasteiger charge is 2.29. The summed E-state index contributed by atoms with van der Waals surface area (Å²) in [5.41, 5.74) is 0. The molecule has 1 aliphatic carbocycles. The van der Waals surface area contributed by atoms with Crippen molar-refractivity contribution in [2.45, 2.75) is 37.8 Å². The predicted octanol–water partition coefficient (Wildman–Crippen LogP) is 0.308. The van der Waals surface area contributed by atoms with Crippen LogP contribution in [-0.2, 0) is 9.53 Å². The van der Waals surface area contributed by atoms with Crippen LogP contribution in [0.2, 0.25) is 0 Å². The van der Waals surface area contributed by atoms with Gasteiger partial charge in [0, 0.05) is 25.7 Å². The number of carbonyl (C=O) groups is 1. The van der Waals surface area contributed by atoms with Gasteiger partial charge in [0.25, 0.3) is 0 Å². The summed E-state index contributed by atoms with van der Waals surface area (Å²) in [5, 5.41) is 3.37. The normalized spacial score (nSPS) is 21.8. The summed E-state index contributed by atoms with van der Waals surface area (Å²) in [6.45, 7) is 5.31. The Morgan fingerprint density at radius 2 is 2.11 bits per heavy atom. The van der Waals surface area contributed by atoms with Crippen molar-refractivity contribution < 1.29 is 9.53 Å². The van der Waals surface area contributed by atoms with E-state index >= 15 is 0 Å². The van der Waals surface area contributed by atoms with Crippen molar-refractivity contribution >= 4 is 5.97 Å². The molecule has 1 heterocycles. The van der Waals surface area contributed by atoms with Crippen molar-refractivity contribution in [1.82, 2.24) is 15.1 Å². The van der Waals surface area contributed by atoms with Crippen LogP contribution in [0.3, 0.4) is 0 Å².